The van der Waals surface area contributed by atoms with E-state index in [0.29, 0.717) is 24.7 Å². The second-order valence-electron chi connectivity index (χ2n) is 9.52. The summed E-state index contributed by atoms with van der Waals surface area (Å²) >= 11 is 0. The molecule has 27 heavy (non-hydrogen) atoms. The van der Waals surface area contributed by atoms with Crippen molar-refractivity contribution < 1.29 is 19.1 Å². The van der Waals surface area contributed by atoms with Crippen molar-refractivity contribution >= 4 is 17.5 Å². The van der Waals surface area contributed by atoms with E-state index in [4.69, 9.17) is 4.74 Å². The summed E-state index contributed by atoms with van der Waals surface area (Å²) in [5, 5.41) is 0. The molecule has 0 heterocycles. The molecule has 4 rings (SSSR count). The molecule has 5 atom stereocenters. The number of hydrogen-bond acceptors (Lipinski definition) is 4. The van der Waals surface area contributed by atoms with Crippen LogP contribution in [0, 0.1) is 22.7 Å². The Bertz CT molecular complexity index is 790. The second-order valence-corrected chi connectivity index (χ2v) is 9.52. The minimum Gasteiger partial charge on any atom is -0.451 e. The van der Waals surface area contributed by atoms with Crippen LogP contribution >= 0.6 is 0 Å². The fraction of sp³-hybridized carbons (Fsp3) is 0.696. The lowest BCUT2D eigenvalue weighted by atomic mass is 9.50. The Morgan fingerprint density at radius 2 is 1.85 bits per heavy atom. The van der Waals surface area contributed by atoms with Gasteiger partial charge in [0.1, 0.15) is 0 Å². The number of carbonyl (C=O) groups is 3. The standard InChI is InChI=1S/C23H30O4/c1-14(24)23(27-15(2)25)12-9-20-18-6-5-16-13-17(26)7-10-21(16,3)19(18)8-11-22(20,23)4/h8,13,18,20H,5-7,9-12H2,1-4H3/t18-,20+,21+,22+,23+/m1/s1. The normalized spacial score (nSPS) is 43.0. The zero-order valence-electron chi connectivity index (χ0n) is 16.9. The largest absolute Gasteiger partial charge is 0.451 e. The van der Waals surface area contributed by atoms with Gasteiger partial charge in [-0.25, -0.2) is 0 Å². The van der Waals surface area contributed by atoms with Crippen LogP contribution in [0.5, 0.6) is 0 Å². The molecule has 0 bridgehead atoms. The fourth-order valence-corrected chi connectivity index (χ4v) is 6.92. The van der Waals surface area contributed by atoms with E-state index < -0.39 is 5.60 Å². The van der Waals surface area contributed by atoms with Gasteiger partial charge in [0.25, 0.3) is 0 Å². The van der Waals surface area contributed by atoms with E-state index >= 15 is 0 Å². The van der Waals surface area contributed by atoms with Gasteiger partial charge in [-0.3, -0.25) is 14.4 Å². The van der Waals surface area contributed by atoms with Crippen molar-refractivity contribution in [2.45, 2.75) is 78.2 Å². The molecule has 0 amide bonds. The number of Topliss-reactive ketones (excluding diaryl/α,β-unsaturated/α-hetero) is 1. The Kier molecular flexibility index (Phi) is 4.07. The minimum atomic E-state index is -0.995. The molecule has 0 spiro atoms. The lowest BCUT2D eigenvalue weighted by Gasteiger charge is -2.54. The lowest BCUT2D eigenvalue weighted by molar-refractivity contribution is -0.180. The Morgan fingerprint density at radius 1 is 1.11 bits per heavy atom. The third-order valence-corrected chi connectivity index (χ3v) is 8.34. The second kappa shape index (κ2) is 5.89. The maximum absolute atomic E-state index is 12.7. The van der Waals surface area contributed by atoms with Crippen molar-refractivity contribution in [3.05, 3.63) is 23.3 Å². The van der Waals surface area contributed by atoms with E-state index in [1.54, 1.807) is 6.92 Å². The van der Waals surface area contributed by atoms with Crippen molar-refractivity contribution in [2.24, 2.45) is 22.7 Å². The summed E-state index contributed by atoms with van der Waals surface area (Å²) in [5.41, 5.74) is 1.41. The molecular weight excluding hydrogens is 340 g/mol. The molecule has 2 fully saturated rings. The molecule has 2 saturated carbocycles. The first-order chi connectivity index (χ1) is 12.6. The van der Waals surface area contributed by atoms with Crippen molar-refractivity contribution in [1.82, 2.24) is 0 Å². The van der Waals surface area contributed by atoms with E-state index in [2.05, 4.69) is 19.9 Å². The van der Waals surface area contributed by atoms with Crippen LogP contribution in [0.3, 0.4) is 0 Å². The average molecular weight is 370 g/mol. The average Bonchev–Trinajstić information content (AvgIpc) is 2.89. The van der Waals surface area contributed by atoms with Gasteiger partial charge in [0.15, 0.2) is 17.2 Å². The van der Waals surface area contributed by atoms with Crippen molar-refractivity contribution in [1.29, 1.82) is 0 Å². The van der Waals surface area contributed by atoms with Gasteiger partial charge in [0.2, 0.25) is 0 Å². The summed E-state index contributed by atoms with van der Waals surface area (Å²) in [7, 11) is 0. The third kappa shape index (κ3) is 2.37. The molecule has 0 aliphatic heterocycles. The van der Waals surface area contributed by atoms with Gasteiger partial charge in [0.05, 0.1) is 0 Å². The molecule has 0 aromatic carbocycles. The van der Waals surface area contributed by atoms with E-state index in [-0.39, 0.29) is 28.4 Å². The molecule has 0 N–H and O–H groups in total. The van der Waals surface area contributed by atoms with Gasteiger partial charge in [-0.2, -0.15) is 0 Å². The van der Waals surface area contributed by atoms with Gasteiger partial charge in [-0.1, -0.05) is 31.1 Å². The molecule has 0 unspecified atom stereocenters. The van der Waals surface area contributed by atoms with Gasteiger partial charge in [-0.15, -0.1) is 0 Å². The Morgan fingerprint density at radius 3 is 2.52 bits per heavy atom. The van der Waals surface area contributed by atoms with Crippen LogP contribution < -0.4 is 0 Å². The van der Waals surface area contributed by atoms with Crippen LogP contribution in [-0.2, 0) is 19.1 Å². The first-order valence-electron chi connectivity index (χ1n) is 10.3. The van der Waals surface area contributed by atoms with Crippen LogP contribution in [0.2, 0.25) is 0 Å². The smallest absolute Gasteiger partial charge is 0.303 e. The number of esters is 1. The predicted octanol–water partition coefficient (Wildman–Crippen LogP) is 4.33. The molecule has 0 saturated heterocycles. The monoisotopic (exact) mass is 370 g/mol. The molecule has 4 nitrogen and oxygen atoms in total. The highest BCUT2D eigenvalue weighted by molar-refractivity contribution is 5.92. The third-order valence-electron chi connectivity index (χ3n) is 8.34. The van der Waals surface area contributed by atoms with E-state index in [0.717, 1.165) is 32.1 Å². The number of ketones is 2. The number of fused-ring (bicyclic) bond motifs is 5. The van der Waals surface area contributed by atoms with Crippen LogP contribution in [0.4, 0.5) is 0 Å². The van der Waals surface area contributed by atoms with Gasteiger partial charge in [-0.05, 0) is 63.4 Å². The molecule has 4 aliphatic carbocycles. The minimum absolute atomic E-state index is 0.0128. The fourth-order valence-electron chi connectivity index (χ4n) is 6.92. The van der Waals surface area contributed by atoms with Crippen LogP contribution in [0.25, 0.3) is 0 Å². The molecule has 0 aromatic heterocycles. The highest BCUT2D eigenvalue weighted by atomic mass is 16.6. The topological polar surface area (TPSA) is 60.4 Å². The molecular formula is C23H30O4. The summed E-state index contributed by atoms with van der Waals surface area (Å²) in [6.45, 7) is 7.43. The number of hydrogen-bond donors (Lipinski definition) is 0. The van der Waals surface area contributed by atoms with Crippen molar-refractivity contribution in [2.75, 3.05) is 0 Å². The Hall–Kier alpha value is -1.71. The lowest BCUT2D eigenvalue weighted by Crippen LogP contribution is -2.56. The molecule has 0 aromatic rings. The predicted molar refractivity (Wildman–Crippen MR) is 102 cm³/mol. The summed E-state index contributed by atoms with van der Waals surface area (Å²) in [4.78, 5) is 36.5. The maximum Gasteiger partial charge on any atom is 0.303 e. The number of rotatable bonds is 2. The Labute approximate surface area is 161 Å². The molecule has 4 aliphatic rings. The summed E-state index contributed by atoms with van der Waals surface area (Å²) in [6.07, 6.45) is 10.0. The highest BCUT2D eigenvalue weighted by Crippen LogP contribution is 2.66. The maximum atomic E-state index is 12.7. The van der Waals surface area contributed by atoms with Gasteiger partial charge in [0, 0.05) is 24.2 Å². The van der Waals surface area contributed by atoms with E-state index in [1.807, 2.05) is 6.08 Å². The van der Waals surface area contributed by atoms with Gasteiger partial charge < -0.3 is 4.74 Å². The molecule has 0 radical (unpaired) electrons. The highest BCUT2D eigenvalue weighted by Gasteiger charge is 2.66. The molecule has 146 valence electrons. The SMILES string of the molecule is CC(=O)O[C@]1(C(C)=O)CC[C@H]2[C@@H]3CCC4=CC(=O)CC[C@]4(C)C3=CC[C@@]21C. The Balaban J connectivity index is 1.77. The quantitative estimate of drug-likeness (QED) is 0.536. The zero-order chi connectivity index (χ0) is 19.6. The number of allylic oxidation sites excluding steroid dienone is 4. The first kappa shape index (κ1) is 18.6. The van der Waals surface area contributed by atoms with Crippen LogP contribution in [0.1, 0.15) is 72.6 Å². The first-order valence-corrected chi connectivity index (χ1v) is 10.3. The van der Waals surface area contributed by atoms with Crippen molar-refractivity contribution in [3.63, 3.8) is 0 Å². The van der Waals surface area contributed by atoms with Gasteiger partial charge >= 0.3 is 5.97 Å². The summed E-state index contributed by atoms with van der Waals surface area (Å²) < 4.78 is 5.78. The van der Waals surface area contributed by atoms with E-state index in [9.17, 15) is 14.4 Å². The number of ether oxygens (including phenoxy) is 1. The number of carbonyl (C=O) groups excluding carboxylic acids is 3. The summed E-state index contributed by atoms with van der Waals surface area (Å²) in [6, 6.07) is 0. The van der Waals surface area contributed by atoms with E-state index in [1.165, 1.54) is 18.1 Å². The zero-order valence-corrected chi connectivity index (χ0v) is 16.9. The van der Waals surface area contributed by atoms with Crippen LogP contribution in [0.15, 0.2) is 23.3 Å². The van der Waals surface area contributed by atoms with Crippen LogP contribution in [-0.4, -0.2) is 23.1 Å². The molecule has 4 heteroatoms. The van der Waals surface area contributed by atoms with Crippen molar-refractivity contribution in [3.8, 4) is 0 Å². The summed E-state index contributed by atoms with van der Waals surface area (Å²) in [5.74, 6) is 0.625.